The Bertz CT molecular complexity index is 1060. The van der Waals surface area contributed by atoms with Crippen molar-refractivity contribution >= 4 is 5.69 Å². The molecule has 0 spiro atoms. The van der Waals surface area contributed by atoms with Gasteiger partial charge < -0.3 is 26.6 Å². The highest BCUT2D eigenvalue weighted by Gasteiger charge is 2.27. The SMILES string of the molecule is CC1CCC(Oc2ccc(-n3cc(-c4ccc(N(C)C)cc4)[n+]4c3CCCCC4)cc2)CC1.[Br-]. The molecule has 0 amide bonds. The summed E-state index contributed by atoms with van der Waals surface area (Å²) in [6.07, 6.45) is 12.6. The van der Waals surface area contributed by atoms with Gasteiger partial charge in [0, 0.05) is 31.8 Å². The van der Waals surface area contributed by atoms with Crippen LogP contribution >= 0.6 is 0 Å². The van der Waals surface area contributed by atoms with Crippen molar-refractivity contribution in [2.75, 3.05) is 19.0 Å². The van der Waals surface area contributed by atoms with Gasteiger partial charge in [0.2, 0.25) is 0 Å². The molecule has 0 unspecified atom stereocenters. The number of aromatic nitrogens is 2. The second kappa shape index (κ2) is 11.0. The molecule has 4 nitrogen and oxygen atoms in total. The maximum atomic E-state index is 6.31. The van der Waals surface area contributed by atoms with E-state index in [0.717, 1.165) is 24.6 Å². The fourth-order valence-electron chi connectivity index (χ4n) is 5.38. The lowest BCUT2D eigenvalue weighted by molar-refractivity contribution is -0.692. The second-order valence-electron chi connectivity index (χ2n) is 10.2. The highest BCUT2D eigenvalue weighted by molar-refractivity contribution is 5.61. The lowest BCUT2D eigenvalue weighted by Crippen LogP contribution is -3.00. The molecule has 34 heavy (non-hydrogen) atoms. The molecule has 0 N–H and O–H groups in total. The molecule has 3 aromatic rings. The van der Waals surface area contributed by atoms with Crippen molar-refractivity contribution in [3.8, 4) is 22.7 Å². The van der Waals surface area contributed by atoms with Gasteiger partial charge in [-0.25, -0.2) is 4.57 Å². The van der Waals surface area contributed by atoms with Gasteiger partial charge in [-0.05, 0) is 99.4 Å². The molecule has 5 heteroatoms. The Labute approximate surface area is 215 Å². The van der Waals surface area contributed by atoms with Crippen LogP contribution in [0.1, 0.15) is 57.7 Å². The zero-order valence-electron chi connectivity index (χ0n) is 20.8. The van der Waals surface area contributed by atoms with E-state index in [9.17, 15) is 0 Å². The van der Waals surface area contributed by atoms with Crippen LogP contribution in [-0.2, 0) is 13.0 Å². The third-order valence-corrected chi connectivity index (χ3v) is 7.47. The number of benzene rings is 2. The van der Waals surface area contributed by atoms with Crippen LogP contribution in [0.15, 0.2) is 54.7 Å². The van der Waals surface area contributed by atoms with E-state index in [1.807, 2.05) is 0 Å². The minimum atomic E-state index is 0. The van der Waals surface area contributed by atoms with E-state index in [-0.39, 0.29) is 17.0 Å². The van der Waals surface area contributed by atoms with E-state index in [2.05, 4.69) is 89.8 Å². The predicted molar refractivity (Wildman–Crippen MR) is 135 cm³/mol. The molecule has 182 valence electrons. The van der Waals surface area contributed by atoms with Crippen molar-refractivity contribution in [2.24, 2.45) is 5.92 Å². The van der Waals surface area contributed by atoms with Gasteiger partial charge in [-0.1, -0.05) is 6.92 Å². The van der Waals surface area contributed by atoms with Crippen LogP contribution in [0.2, 0.25) is 0 Å². The molecule has 1 aliphatic heterocycles. The number of imidazole rings is 1. The van der Waals surface area contributed by atoms with Crippen LogP contribution in [0, 0.1) is 5.92 Å². The van der Waals surface area contributed by atoms with Gasteiger partial charge in [0.25, 0.3) is 5.82 Å². The van der Waals surface area contributed by atoms with Crippen LogP contribution in [0.5, 0.6) is 5.75 Å². The summed E-state index contributed by atoms with van der Waals surface area (Å²) in [4.78, 5) is 2.15. The number of ether oxygens (including phenoxy) is 1. The molecule has 2 heterocycles. The largest absolute Gasteiger partial charge is 1.00 e. The van der Waals surface area contributed by atoms with Crippen molar-refractivity contribution in [1.29, 1.82) is 0 Å². The number of hydrogen-bond acceptors (Lipinski definition) is 2. The van der Waals surface area contributed by atoms with E-state index in [1.54, 1.807) is 0 Å². The molecular weight excluding hydrogens is 486 g/mol. The molecule has 0 radical (unpaired) electrons. The van der Waals surface area contributed by atoms with Crippen molar-refractivity contribution < 1.29 is 26.3 Å². The third kappa shape index (κ3) is 5.35. The van der Waals surface area contributed by atoms with Gasteiger partial charge in [-0.2, -0.15) is 4.57 Å². The molecule has 2 aromatic carbocycles. The fourth-order valence-corrected chi connectivity index (χ4v) is 5.38. The minimum Gasteiger partial charge on any atom is -1.00 e. The van der Waals surface area contributed by atoms with Gasteiger partial charge in [0.1, 0.15) is 17.6 Å². The zero-order chi connectivity index (χ0) is 22.8. The zero-order valence-corrected chi connectivity index (χ0v) is 22.4. The molecule has 2 aliphatic rings. The topological polar surface area (TPSA) is 21.3 Å². The first-order valence-corrected chi connectivity index (χ1v) is 12.8. The summed E-state index contributed by atoms with van der Waals surface area (Å²) in [5, 5.41) is 0. The van der Waals surface area contributed by atoms with Crippen molar-refractivity contribution in [1.82, 2.24) is 4.57 Å². The van der Waals surface area contributed by atoms with E-state index < -0.39 is 0 Å². The smallest absolute Gasteiger partial charge is 0.262 e. The monoisotopic (exact) mass is 523 g/mol. The number of fused-ring (bicyclic) bond motifs is 1. The normalized spacial score (nSPS) is 20.1. The Kier molecular flexibility index (Phi) is 8.02. The summed E-state index contributed by atoms with van der Waals surface area (Å²) in [6.45, 7) is 3.45. The Balaban J connectivity index is 0.00000274. The van der Waals surface area contributed by atoms with Crippen LogP contribution in [0.4, 0.5) is 5.69 Å². The van der Waals surface area contributed by atoms with E-state index in [0.29, 0.717) is 6.10 Å². The van der Waals surface area contributed by atoms with Crippen LogP contribution < -0.4 is 31.2 Å². The molecule has 1 fully saturated rings. The van der Waals surface area contributed by atoms with Crippen molar-refractivity contribution in [3.05, 3.63) is 60.6 Å². The summed E-state index contributed by atoms with van der Waals surface area (Å²) in [5.74, 6) is 3.26. The van der Waals surface area contributed by atoms with Crippen LogP contribution in [-0.4, -0.2) is 24.8 Å². The lowest BCUT2D eigenvalue weighted by atomic mass is 9.89. The van der Waals surface area contributed by atoms with E-state index in [4.69, 9.17) is 4.74 Å². The van der Waals surface area contributed by atoms with E-state index in [1.165, 1.54) is 73.4 Å². The van der Waals surface area contributed by atoms with Crippen molar-refractivity contribution in [3.63, 3.8) is 0 Å². The first-order valence-electron chi connectivity index (χ1n) is 12.8. The third-order valence-electron chi connectivity index (χ3n) is 7.47. The summed E-state index contributed by atoms with van der Waals surface area (Å²) >= 11 is 0. The quantitative estimate of drug-likeness (QED) is 0.479. The molecular formula is C29H38BrN3O. The average molecular weight is 525 g/mol. The van der Waals surface area contributed by atoms with E-state index >= 15 is 0 Å². The first-order chi connectivity index (χ1) is 16.1. The Morgan fingerprint density at radius 3 is 2.26 bits per heavy atom. The Morgan fingerprint density at radius 1 is 0.882 bits per heavy atom. The van der Waals surface area contributed by atoms with Gasteiger partial charge in [-0.15, -0.1) is 0 Å². The fraction of sp³-hybridized carbons (Fsp3) is 0.483. The molecule has 1 aliphatic carbocycles. The second-order valence-corrected chi connectivity index (χ2v) is 10.2. The van der Waals surface area contributed by atoms with Gasteiger partial charge >= 0.3 is 0 Å². The number of anilines is 1. The number of halogens is 1. The lowest BCUT2D eigenvalue weighted by Gasteiger charge is -2.26. The highest BCUT2D eigenvalue weighted by atomic mass is 79.9. The van der Waals surface area contributed by atoms with Crippen LogP contribution in [0.25, 0.3) is 16.9 Å². The standard InChI is InChI=1S/C29H38N3O.BrH/c1-22-8-16-26(17-9-22)33-27-18-14-25(15-19-27)32-21-28(31-20-6-4-5-7-29(31)32)23-10-12-24(13-11-23)30(2)3;/h10-15,18-19,21-22,26H,4-9,16-17,20H2,1-3H3;1H/q+1;/p-1. The molecule has 1 saturated carbocycles. The Morgan fingerprint density at radius 2 is 1.59 bits per heavy atom. The summed E-state index contributed by atoms with van der Waals surface area (Å²) in [5.41, 5.74) is 5.06. The summed E-state index contributed by atoms with van der Waals surface area (Å²) in [6, 6.07) is 17.7. The highest BCUT2D eigenvalue weighted by Crippen LogP contribution is 2.29. The summed E-state index contributed by atoms with van der Waals surface area (Å²) in [7, 11) is 4.18. The van der Waals surface area contributed by atoms with Crippen LogP contribution in [0.3, 0.4) is 0 Å². The average Bonchev–Trinajstić information content (AvgIpc) is 3.02. The number of nitrogens with zero attached hydrogens (tertiary/aromatic N) is 3. The molecule has 0 saturated heterocycles. The maximum absolute atomic E-state index is 6.31. The first kappa shape index (κ1) is 24.8. The van der Waals surface area contributed by atoms with Gasteiger partial charge in [0.15, 0.2) is 5.69 Å². The number of hydrogen-bond donors (Lipinski definition) is 0. The van der Waals surface area contributed by atoms with Gasteiger partial charge in [0.05, 0.1) is 12.6 Å². The minimum absolute atomic E-state index is 0. The van der Waals surface area contributed by atoms with Gasteiger partial charge in [-0.3, -0.25) is 0 Å². The molecule has 5 rings (SSSR count). The molecule has 0 bridgehead atoms. The Hall–Kier alpha value is -2.27. The summed E-state index contributed by atoms with van der Waals surface area (Å²) < 4.78 is 11.3. The molecule has 0 atom stereocenters. The predicted octanol–water partition coefficient (Wildman–Crippen LogP) is 3.19. The maximum Gasteiger partial charge on any atom is 0.262 e. The van der Waals surface area contributed by atoms with Crippen molar-refractivity contribution in [2.45, 2.75) is 70.9 Å². The molecule has 1 aromatic heterocycles. The number of rotatable bonds is 5.